The summed E-state index contributed by atoms with van der Waals surface area (Å²) in [6.45, 7) is 17.4. The summed E-state index contributed by atoms with van der Waals surface area (Å²) in [5, 5.41) is 5.58. The minimum atomic E-state index is -1.07. The van der Waals surface area contributed by atoms with Gasteiger partial charge in [0.05, 0.1) is 42.2 Å². The van der Waals surface area contributed by atoms with Gasteiger partial charge in [0, 0.05) is 74.9 Å². The minimum absolute atomic E-state index is 0.130. The predicted octanol–water partition coefficient (Wildman–Crippen LogP) is 6.03. The summed E-state index contributed by atoms with van der Waals surface area (Å²) < 4.78 is 20.3. The van der Waals surface area contributed by atoms with Gasteiger partial charge in [-0.15, -0.1) is 0 Å². The maximum absolute atomic E-state index is 14.8. The van der Waals surface area contributed by atoms with Crippen LogP contribution in [0.3, 0.4) is 0 Å². The number of cyclic esters (lactones) is 1. The molecule has 7 atom stereocenters. The van der Waals surface area contributed by atoms with E-state index in [1.165, 1.54) is 16.0 Å². The van der Waals surface area contributed by atoms with E-state index >= 15 is 0 Å². The molecule has 0 saturated carbocycles. The first-order valence-electron chi connectivity index (χ1n) is 24.1. The lowest BCUT2D eigenvalue weighted by atomic mass is 9.84. The number of rotatable bonds is 10. The topological polar surface area (TPSA) is 165 Å². The van der Waals surface area contributed by atoms with E-state index in [-0.39, 0.29) is 49.5 Å². The Morgan fingerprint density at radius 3 is 2.59 bits per heavy atom. The van der Waals surface area contributed by atoms with Gasteiger partial charge in [-0.25, -0.2) is 5.43 Å². The number of amides is 4. The molecule has 2 aromatic heterocycles. The number of nitrogens with zero attached hydrogens (tertiary/aromatic N) is 5. The van der Waals surface area contributed by atoms with Crippen molar-refractivity contribution in [2.24, 2.45) is 17.3 Å². The standard InChI is InChI=1S/C53H67N7O8/c1-10-44(61)59-29-39(48-43(59)21-24-67-48)50(63)57(8)46(31(3)4)49(62)55-41-26-33-15-12-16-34(25-33)35-19-20-42-37(27-35)38(47(58(42)11-2)36-17-13-22-54-45(36)32(5)66-9)28-53(6,7)30-68-52(65)40-18-14-23-60(56-40)51(41)64/h10,12-13,15-17,19-20,22,25,27,31-32,39-41,43,46,48,56H,1,11,14,18,21,23-24,26,28-30H2,2-9H3,(H,55,62)/t32-,39+,40-,41-,43+,46-,48+/m0/s1. The van der Waals surface area contributed by atoms with Gasteiger partial charge < -0.3 is 33.9 Å². The van der Waals surface area contributed by atoms with Crippen molar-refractivity contribution in [2.75, 3.05) is 40.5 Å². The Morgan fingerprint density at radius 1 is 1.07 bits per heavy atom. The highest BCUT2D eigenvalue weighted by atomic mass is 16.5. The van der Waals surface area contributed by atoms with Crippen LogP contribution in [0.1, 0.15) is 83.7 Å². The number of hydrazine groups is 1. The Labute approximate surface area is 399 Å². The van der Waals surface area contributed by atoms with Crippen LogP contribution in [-0.4, -0.2) is 125 Å². The molecule has 3 fully saturated rings. The van der Waals surface area contributed by atoms with Gasteiger partial charge in [-0.2, -0.15) is 0 Å². The number of fused-ring (bicyclic) bond motifs is 7. The quantitative estimate of drug-likeness (QED) is 0.142. The van der Waals surface area contributed by atoms with Crippen LogP contribution in [0.15, 0.2) is 73.4 Å². The van der Waals surface area contributed by atoms with Crippen molar-refractivity contribution in [3.63, 3.8) is 0 Å². The second-order valence-corrected chi connectivity index (χ2v) is 20.0. The number of aryl methyl sites for hydroxylation is 1. The molecule has 2 N–H and O–H groups in total. The summed E-state index contributed by atoms with van der Waals surface area (Å²) in [7, 11) is 3.29. The normalized spacial score (nSPS) is 23.7. The van der Waals surface area contributed by atoms with Gasteiger partial charge in [0.1, 0.15) is 18.1 Å². The van der Waals surface area contributed by atoms with Gasteiger partial charge in [0.25, 0.3) is 5.91 Å². The molecular weight excluding hydrogens is 863 g/mol. The van der Waals surface area contributed by atoms with Gasteiger partial charge in [0.15, 0.2) is 0 Å². The average molecular weight is 930 g/mol. The zero-order chi connectivity index (χ0) is 48.6. The van der Waals surface area contributed by atoms with Gasteiger partial charge in [-0.05, 0) is 98.0 Å². The summed E-state index contributed by atoms with van der Waals surface area (Å²) in [5.74, 6) is -2.94. The molecule has 4 amide bonds. The van der Waals surface area contributed by atoms with E-state index in [0.717, 1.165) is 50.1 Å². The smallest absolute Gasteiger partial charge is 0.324 e. The maximum atomic E-state index is 14.8. The SMILES string of the molecule is C=CC(=O)N1C[C@@H](C(=O)N(C)[C@H](C(=O)N[C@H]2Cc3cccc(c3)-c3ccc4c(c3)c(c(-c3cccnc3[C@H](C)OC)n4CC)CC(C)(C)COC(=O)[C@@H]3CCCN(N3)C2=O)C(C)C)[C@H]2OCC[C@H]21. The van der Waals surface area contributed by atoms with Crippen LogP contribution < -0.4 is 10.7 Å². The lowest BCUT2D eigenvalue weighted by Crippen LogP contribution is -2.62. The Morgan fingerprint density at radius 2 is 1.85 bits per heavy atom. The number of hydrogen-bond acceptors (Lipinski definition) is 10. The van der Waals surface area contributed by atoms with Gasteiger partial charge in [0.2, 0.25) is 17.7 Å². The molecule has 2 aromatic carbocycles. The highest BCUT2D eigenvalue weighted by Crippen LogP contribution is 2.42. The molecule has 0 unspecified atom stereocenters. The number of likely N-dealkylation sites (tertiary alicyclic amines) is 1. The molecule has 0 radical (unpaired) electrons. The Bertz CT molecular complexity index is 2590. The van der Waals surface area contributed by atoms with Crippen LogP contribution in [0.4, 0.5) is 0 Å². The Kier molecular flexibility index (Phi) is 14.3. The number of aromatic nitrogens is 2. The maximum Gasteiger partial charge on any atom is 0.324 e. The number of methoxy groups -OCH3 is 1. The van der Waals surface area contributed by atoms with Gasteiger partial charge in [-0.1, -0.05) is 64.6 Å². The van der Waals surface area contributed by atoms with E-state index in [1.807, 2.05) is 39.0 Å². The molecule has 6 bridgehead atoms. The molecule has 3 saturated heterocycles. The number of likely N-dealkylation sites (N-methyl/N-ethyl adjacent to an activating group) is 1. The number of hydrogen-bond donors (Lipinski definition) is 2. The molecule has 4 aliphatic rings. The van der Waals surface area contributed by atoms with E-state index in [4.69, 9.17) is 19.2 Å². The van der Waals surface area contributed by atoms with E-state index in [2.05, 4.69) is 79.1 Å². The molecule has 15 nitrogen and oxygen atoms in total. The number of esters is 1. The molecule has 4 aliphatic heterocycles. The van der Waals surface area contributed by atoms with Crippen LogP contribution in [0.25, 0.3) is 33.3 Å². The number of carbonyl (C=O) groups excluding carboxylic acids is 5. The zero-order valence-corrected chi connectivity index (χ0v) is 40.7. The lowest BCUT2D eigenvalue weighted by Gasteiger charge is -2.37. The molecule has 8 rings (SSSR count). The summed E-state index contributed by atoms with van der Waals surface area (Å²) in [5.41, 5.74) is 10.4. The Hall–Kier alpha value is -5.90. The summed E-state index contributed by atoms with van der Waals surface area (Å²) in [6.07, 6.45) is 4.63. The van der Waals surface area contributed by atoms with Crippen LogP contribution in [0, 0.1) is 17.3 Å². The Balaban J connectivity index is 1.17. The molecule has 4 aromatic rings. The van der Waals surface area contributed by atoms with E-state index in [9.17, 15) is 24.0 Å². The molecule has 362 valence electrons. The molecular formula is C53H67N7O8. The fraction of sp³-hybridized carbons (Fsp3) is 0.509. The summed E-state index contributed by atoms with van der Waals surface area (Å²) in [4.78, 5) is 78.5. The number of nitrogens with one attached hydrogen (secondary N) is 2. The monoisotopic (exact) mass is 930 g/mol. The molecule has 0 aliphatic carbocycles. The van der Waals surface area contributed by atoms with Crippen molar-refractivity contribution in [3.05, 3.63) is 90.3 Å². The van der Waals surface area contributed by atoms with Crippen LogP contribution in [0.5, 0.6) is 0 Å². The second-order valence-electron chi connectivity index (χ2n) is 20.0. The van der Waals surface area contributed by atoms with Crippen molar-refractivity contribution < 1.29 is 38.2 Å². The number of benzene rings is 2. The third-order valence-electron chi connectivity index (χ3n) is 14.4. The predicted molar refractivity (Wildman–Crippen MR) is 259 cm³/mol. The fourth-order valence-corrected chi connectivity index (χ4v) is 10.9. The average Bonchev–Trinajstić information content (AvgIpc) is 4.04. The molecule has 15 heteroatoms. The van der Waals surface area contributed by atoms with Crippen molar-refractivity contribution >= 4 is 40.5 Å². The van der Waals surface area contributed by atoms with E-state index < -0.39 is 53.3 Å². The van der Waals surface area contributed by atoms with Crippen molar-refractivity contribution in [2.45, 2.75) is 117 Å². The van der Waals surface area contributed by atoms with Gasteiger partial charge >= 0.3 is 5.97 Å². The molecule has 0 spiro atoms. The van der Waals surface area contributed by atoms with Gasteiger partial charge in [-0.3, -0.25) is 34.0 Å². The first kappa shape index (κ1) is 48.6. The first-order valence-corrected chi connectivity index (χ1v) is 24.1. The highest BCUT2D eigenvalue weighted by molar-refractivity contribution is 5.96. The first-order chi connectivity index (χ1) is 32.5. The molecule has 6 heterocycles. The van der Waals surface area contributed by atoms with Crippen LogP contribution in [0.2, 0.25) is 0 Å². The highest BCUT2D eigenvalue weighted by Gasteiger charge is 2.52. The van der Waals surface area contributed by atoms with Crippen molar-refractivity contribution in [1.29, 1.82) is 0 Å². The van der Waals surface area contributed by atoms with Crippen molar-refractivity contribution in [1.82, 2.24) is 35.1 Å². The number of pyridine rings is 1. The lowest BCUT2D eigenvalue weighted by molar-refractivity contribution is -0.155. The third kappa shape index (κ3) is 9.44. The summed E-state index contributed by atoms with van der Waals surface area (Å²) >= 11 is 0. The number of ether oxygens (including phenoxy) is 3. The zero-order valence-electron chi connectivity index (χ0n) is 40.7. The second kappa shape index (κ2) is 20.0. The van der Waals surface area contributed by atoms with Crippen molar-refractivity contribution in [3.8, 4) is 22.4 Å². The van der Waals surface area contributed by atoms with Crippen LogP contribution in [-0.2, 0) is 57.6 Å². The largest absolute Gasteiger partial charge is 0.464 e. The van der Waals surface area contributed by atoms with E-state index in [1.54, 1.807) is 25.3 Å². The minimum Gasteiger partial charge on any atom is -0.464 e. The third-order valence-corrected chi connectivity index (χ3v) is 14.4. The van der Waals surface area contributed by atoms with E-state index in [0.29, 0.717) is 45.4 Å². The molecule has 68 heavy (non-hydrogen) atoms. The fourth-order valence-electron chi connectivity index (χ4n) is 10.9. The number of carbonyl (C=O) groups is 5. The van der Waals surface area contributed by atoms with Crippen LogP contribution >= 0.6 is 0 Å². The summed E-state index contributed by atoms with van der Waals surface area (Å²) in [6, 6.07) is 15.5.